The van der Waals surface area contributed by atoms with Gasteiger partial charge in [-0.05, 0) is 57.3 Å². The fourth-order valence-corrected chi connectivity index (χ4v) is 3.17. The van der Waals surface area contributed by atoms with E-state index >= 15 is 0 Å². The molecule has 0 heterocycles. The Kier molecular flexibility index (Phi) is 6.05. The van der Waals surface area contributed by atoms with E-state index in [1.54, 1.807) is 24.1 Å². The van der Waals surface area contributed by atoms with Gasteiger partial charge in [0.15, 0.2) is 0 Å². The van der Waals surface area contributed by atoms with E-state index in [9.17, 15) is 13.2 Å². The summed E-state index contributed by atoms with van der Waals surface area (Å²) >= 11 is 0. The van der Waals surface area contributed by atoms with Crippen molar-refractivity contribution >= 4 is 21.6 Å². The molecule has 7 heteroatoms. The first-order valence-electron chi connectivity index (χ1n) is 8.19. The lowest BCUT2D eigenvalue weighted by atomic mass is 10.0. The zero-order chi connectivity index (χ0) is 19.4. The molecule has 0 aromatic heterocycles. The highest BCUT2D eigenvalue weighted by Crippen LogP contribution is 2.24. The Morgan fingerprint density at radius 1 is 1.08 bits per heavy atom. The summed E-state index contributed by atoms with van der Waals surface area (Å²) in [7, 11) is -0.400. The monoisotopic (exact) mass is 376 g/mol. The zero-order valence-corrected chi connectivity index (χ0v) is 16.2. The lowest BCUT2D eigenvalue weighted by Crippen LogP contribution is -2.37. The van der Waals surface area contributed by atoms with E-state index in [1.807, 2.05) is 44.2 Å². The smallest absolute Gasteiger partial charge is 0.240 e. The summed E-state index contributed by atoms with van der Waals surface area (Å²) in [5, 5.41) is 0. The molecular weight excluding hydrogens is 352 g/mol. The summed E-state index contributed by atoms with van der Waals surface area (Å²) in [6, 6.07) is 15.5. The van der Waals surface area contributed by atoms with Gasteiger partial charge in [0.05, 0.1) is 11.3 Å². The molecular formula is C19H24N2O4S. The predicted octanol–water partition coefficient (Wildman–Crippen LogP) is 2.81. The van der Waals surface area contributed by atoms with Crippen LogP contribution in [0.5, 0.6) is 5.75 Å². The molecule has 0 saturated heterocycles. The summed E-state index contributed by atoms with van der Waals surface area (Å²) in [5.41, 5.74) is 0.0682. The molecule has 2 rings (SSSR count). The number of rotatable bonds is 7. The van der Waals surface area contributed by atoms with Crippen LogP contribution in [-0.2, 0) is 14.8 Å². The van der Waals surface area contributed by atoms with Crippen molar-refractivity contribution in [3.63, 3.8) is 0 Å². The second-order valence-electron chi connectivity index (χ2n) is 6.51. The molecule has 0 atom stereocenters. The number of hydrogen-bond donors (Lipinski definition) is 1. The van der Waals surface area contributed by atoms with Gasteiger partial charge in [-0.3, -0.25) is 4.79 Å². The van der Waals surface area contributed by atoms with Crippen LogP contribution in [0.3, 0.4) is 0 Å². The maximum absolute atomic E-state index is 12.5. The fraction of sp³-hybridized carbons (Fsp3) is 0.316. The lowest BCUT2D eigenvalue weighted by Gasteiger charge is -2.28. The van der Waals surface area contributed by atoms with Crippen molar-refractivity contribution in [2.75, 3.05) is 19.0 Å². The molecule has 0 unspecified atom stereocenters. The number of ether oxygens (including phenoxy) is 1. The van der Waals surface area contributed by atoms with Gasteiger partial charge in [-0.1, -0.05) is 18.2 Å². The van der Waals surface area contributed by atoms with Crippen LogP contribution in [0, 0.1) is 0 Å². The van der Waals surface area contributed by atoms with Gasteiger partial charge < -0.3 is 9.64 Å². The van der Waals surface area contributed by atoms with E-state index in [1.165, 1.54) is 19.2 Å². The van der Waals surface area contributed by atoms with Gasteiger partial charge in [0.1, 0.15) is 11.4 Å². The van der Waals surface area contributed by atoms with Gasteiger partial charge in [0.2, 0.25) is 15.9 Å². The first-order chi connectivity index (χ1) is 12.1. The van der Waals surface area contributed by atoms with Gasteiger partial charge in [-0.25, -0.2) is 13.1 Å². The highest BCUT2D eigenvalue weighted by Gasteiger charge is 2.26. The van der Waals surface area contributed by atoms with E-state index in [2.05, 4.69) is 4.72 Å². The van der Waals surface area contributed by atoms with E-state index in [0.717, 1.165) is 5.69 Å². The lowest BCUT2D eigenvalue weighted by molar-refractivity contribution is -0.121. The van der Waals surface area contributed by atoms with Crippen LogP contribution in [0.25, 0.3) is 0 Å². The van der Waals surface area contributed by atoms with Crippen molar-refractivity contribution in [1.82, 2.24) is 4.72 Å². The van der Waals surface area contributed by atoms with Gasteiger partial charge >= 0.3 is 0 Å². The summed E-state index contributed by atoms with van der Waals surface area (Å²) in [6.07, 6.45) is 0.176. The molecule has 0 spiro atoms. The summed E-state index contributed by atoms with van der Waals surface area (Å²) in [4.78, 5) is 14.3. The third-order valence-electron chi connectivity index (χ3n) is 3.89. The number of anilines is 1. The van der Waals surface area contributed by atoms with Crippen LogP contribution in [0.2, 0.25) is 0 Å². The topological polar surface area (TPSA) is 75.7 Å². The van der Waals surface area contributed by atoms with Crippen molar-refractivity contribution < 1.29 is 17.9 Å². The van der Waals surface area contributed by atoms with E-state index in [4.69, 9.17) is 4.74 Å². The minimum atomic E-state index is -3.49. The van der Waals surface area contributed by atoms with Gasteiger partial charge in [-0.15, -0.1) is 0 Å². The van der Waals surface area contributed by atoms with E-state index < -0.39 is 15.6 Å². The molecule has 0 aliphatic rings. The molecule has 1 N–H and O–H groups in total. The van der Waals surface area contributed by atoms with Gasteiger partial charge in [-0.2, -0.15) is 0 Å². The molecule has 6 nitrogen and oxygen atoms in total. The quantitative estimate of drug-likeness (QED) is 0.806. The first kappa shape index (κ1) is 19.9. The SMILES string of the molecule is CNS(=O)(=O)c1ccc(OC(C)(C)CC(=O)N(C)c2ccccc2)cc1. The number of sulfonamides is 1. The maximum atomic E-state index is 12.5. The normalized spacial score (nSPS) is 11.8. The molecule has 0 bridgehead atoms. The Balaban J connectivity index is 2.05. The van der Waals surface area contributed by atoms with Crippen molar-refractivity contribution in [3.05, 3.63) is 54.6 Å². The van der Waals surface area contributed by atoms with Crippen LogP contribution in [0.15, 0.2) is 59.5 Å². The molecule has 140 valence electrons. The minimum absolute atomic E-state index is 0.0735. The number of amides is 1. The summed E-state index contributed by atoms with van der Waals surface area (Å²) < 4.78 is 31.7. The number of benzene rings is 2. The molecule has 2 aromatic carbocycles. The maximum Gasteiger partial charge on any atom is 0.240 e. The van der Waals surface area contributed by atoms with E-state index in [0.29, 0.717) is 5.75 Å². The Morgan fingerprint density at radius 3 is 2.19 bits per heavy atom. The van der Waals surface area contributed by atoms with Gasteiger partial charge in [0, 0.05) is 12.7 Å². The number of carbonyl (C=O) groups is 1. The average molecular weight is 376 g/mol. The van der Waals surface area contributed by atoms with Crippen LogP contribution in [0.1, 0.15) is 20.3 Å². The van der Waals surface area contributed by atoms with Crippen molar-refractivity contribution in [2.24, 2.45) is 0 Å². The summed E-state index contributed by atoms with van der Waals surface area (Å²) in [6.45, 7) is 3.64. The average Bonchev–Trinajstić information content (AvgIpc) is 2.61. The molecule has 2 aromatic rings. The van der Waals surface area contributed by atoms with Crippen LogP contribution < -0.4 is 14.4 Å². The zero-order valence-electron chi connectivity index (χ0n) is 15.4. The molecule has 1 amide bonds. The fourth-order valence-electron chi connectivity index (χ4n) is 2.44. The molecule has 26 heavy (non-hydrogen) atoms. The van der Waals surface area contributed by atoms with Crippen molar-refractivity contribution in [1.29, 1.82) is 0 Å². The number of para-hydroxylation sites is 1. The number of nitrogens with zero attached hydrogens (tertiary/aromatic N) is 1. The second-order valence-corrected chi connectivity index (χ2v) is 8.39. The van der Waals surface area contributed by atoms with Crippen molar-refractivity contribution in [2.45, 2.75) is 30.8 Å². The second kappa shape index (κ2) is 7.88. The summed E-state index contributed by atoms with van der Waals surface area (Å²) in [5.74, 6) is 0.427. The molecule has 0 aliphatic carbocycles. The number of hydrogen-bond acceptors (Lipinski definition) is 4. The van der Waals surface area contributed by atoms with Crippen LogP contribution in [0.4, 0.5) is 5.69 Å². The van der Waals surface area contributed by atoms with E-state index in [-0.39, 0.29) is 17.2 Å². The van der Waals surface area contributed by atoms with Crippen LogP contribution in [-0.4, -0.2) is 34.0 Å². The number of nitrogens with one attached hydrogen (secondary N) is 1. The Morgan fingerprint density at radius 2 is 1.65 bits per heavy atom. The van der Waals surface area contributed by atoms with Gasteiger partial charge in [0.25, 0.3) is 0 Å². The molecule has 0 saturated carbocycles. The predicted molar refractivity (Wildman–Crippen MR) is 102 cm³/mol. The highest BCUT2D eigenvalue weighted by molar-refractivity contribution is 7.89. The largest absolute Gasteiger partial charge is 0.487 e. The highest BCUT2D eigenvalue weighted by atomic mass is 32.2. The Hall–Kier alpha value is -2.38. The standard InChI is InChI=1S/C19H24N2O4S/c1-19(2,14-18(22)21(4)15-8-6-5-7-9-15)25-16-10-12-17(13-11-16)26(23,24)20-3/h5-13,20H,14H2,1-4H3. The third kappa shape index (κ3) is 5.06. The minimum Gasteiger partial charge on any atom is -0.487 e. The van der Waals surface area contributed by atoms with Crippen LogP contribution >= 0.6 is 0 Å². The Labute approximate surface area is 154 Å². The third-order valence-corrected chi connectivity index (χ3v) is 5.32. The molecule has 0 aliphatic heterocycles. The Bertz CT molecular complexity index is 847. The number of carbonyl (C=O) groups excluding carboxylic acids is 1. The van der Waals surface area contributed by atoms with Crippen molar-refractivity contribution in [3.8, 4) is 5.75 Å². The molecule has 0 radical (unpaired) electrons. The first-order valence-corrected chi connectivity index (χ1v) is 9.67. The molecule has 0 fully saturated rings.